The fraction of sp³-hybridized carbons (Fsp3) is 0.235. The molecule has 1 unspecified atom stereocenters. The zero-order valence-electron chi connectivity index (χ0n) is 11.6. The molecule has 0 amide bonds. The van der Waals surface area contributed by atoms with Crippen LogP contribution in [0.1, 0.15) is 28.2 Å². The molecule has 108 valence electrons. The second-order valence-electron chi connectivity index (χ2n) is 5.18. The average molecular weight is 286 g/mol. The number of methoxy groups -OCH3 is 1. The van der Waals surface area contributed by atoms with Gasteiger partial charge in [0.2, 0.25) is 0 Å². The highest BCUT2D eigenvalue weighted by Crippen LogP contribution is 2.36. The first kappa shape index (κ1) is 13.6. The molecule has 3 nitrogen and oxygen atoms in total. The van der Waals surface area contributed by atoms with E-state index in [1.807, 2.05) is 6.07 Å². The van der Waals surface area contributed by atoms with Crippen molar-refractivity contribution in [2.45, 2.75) is 18.8 Å². The normalized spacial score (nSPS) is 16.6. The van der Waals surface area contributed by atoms with Crippen LogP contribution in [0.4, 0.5) is 4.39 Å². The number of fused-ring (bicyclic) bond motifs is 2. The van der Waals surface area contributed by atoms with E-state index >= 15 is 0 Å². The number of aliphatic carboxylic acids is 1. The van der Waals surface area contributed by atoms with E-state index in [-0.39, 0.29) is 5.82 Å². The molecule has 4 heteroatoms. The lowest BCUT2D eigenvalue weighted by Gasteiger charge is -2.16. The van der Waals surface area contributed by atoms with Crippen molar-refractivity contribution in [1.82, 2.24) is 0 Å². The lowest BCUT2D eigenvalue weighted by molar-refractivity contribution is -0.137. The van der Waals surface area contributed by atoms with E-state index in [2.05, 4.69) is 0 Å². The van der Waals surface area contributed by atoms with Crippen molar-refractivity contribution in [3.8, 4) is 5.75 Å². The predicted octanol–water partition coefficient (Wildman–Crippen LogP) is 3.15. The van der Waals surface area contributed by atoms with Crippen molar-refractivity contribution in [2.75, 3.05) is 7.11 Å². The molecule has 0 heterocycles. The maximum atomic E-state index is 13.4. The summed E-state index contributed by atoms with van der Waals surface area (Å²) in [7, 11) is 1.58. The first-order valence-electron chi connectivity index (χ1n) is 6.78. The van der Waals surface area contributed by atoms with Crippen LogP contribution in [0, 0.1) is 5.82 Å². The monoisotopic (exact) mass is 286 g/mol. The number of benzene rings is 2. The van der Waals surface area contributed by atoms with E-state index in [4.69, 9.17) is 4.74 Å². The third-order valence-electron chi connectivity index (χ3n) is 3.99. The summed E-state index contributed by atoms with van der Waals surface area (Å²) in [6.45, 7) is 0. The molecule has 0 fully saturated rings. The SMILES string of the molecule is COc1ccc2c(c1)CCc1cc(F)ccc1C2C(=O)O. The Kier molecular flexibility index (Phi) is 3.37. The molecule has 0 radical (unpaired) electrons. The van der Waals surface area contributed by atoms with E-state index in [1.54, 1.807) is 25.3 Å². The van der Waals surface area contributed by atoms with Gasteiger partial charge in [0.25, 0.3) is 0 Å². The molecule has 0 spiro atoms. The van der Waals surface area contributed by atoms with Crippen molar-refractivity contribution in [1.29, 1.82) is 0 Å². The number of hydrogen-bond acceptors (Lipinski definition) is 2. The largest absolute Gasteiger partial charge is 0.497 e. The van der Waals surface area contributed by atoms with Crippen LogP contribution in [-0.2, 0) is 17.6 Å². The summed E-state index contributed by atoms with van der Waals surface area (Å²) in [4.78, 5) is 11.7. The lowest BCUT2D eigenvalue weighted by Crippen LogP contribution is -2.15. The minimum Gasteiger partial charge on any atom is -0.497 e. The Bertz CT molecular complexity index is 709. The highest BCUT2D eigenvalue weighted by Gasteiger charge is 2.29. The van der Waals surface area contributed by atoms with Crippen molar-refractivity contribution in [3.05, 3.63) is 64.5 Å². The van der Waals surface area contributed by atoms with Crippen molar-refractivity contribution in [2.24, 2.45) is 0 Å². The van der Waals surface area contributed by atoms with E-state index in [9.17, 15) is 14.3 Å². The number of rotatable bonds is 2. The van der Waals surface area contributed by atoms with Crippen molar-refractivity contribution >= 4 is 5.97 Å². The summed E-state index contributed by atoms with van der Waals surface area (Å²) >= 11 is 0. The topological polar surface area (TPSA) is 46.5 Å². The molecule has 1 aliphatic rings. The molecule has 2 aromatic rings. The highest BCUT2D eigenvalue weighted by molar-refractivity contribution is 5.82. The first-order valence-corrected chi connectivity index (χ1v) is 6.78. The van der Waals surface area contributed by atoms with Gasteiger partial charge in [-0.15, -0.1) is 0 Å². The number of halogens is 1. The number of aryl methyl sites for hydroxylation is 2. The Morgan fingerprint density at radius 2 is 1.76 bits per heavy atom. The molecule has 1 aliphatic carbocycles. The summed E-state index contributed by atoms with van der Waals surface area (Å²) in [5, 5.41) is 9.63. The van der Waals surface area contributed by atoms with Gasteiger partial charge in [0, 0.05) is 0 Å². The molecular formula is C17H15FO3. The number of carboxylic acid groups (broad SMARTS) is 1. The minimum atomic E-state index is -0.920. The zero-order valence-corrected chi connectivity index (χ0v) is 11.6. The van der Waals surface area contributed by atoms with Crippen LogP contribution in [0.2, 0.25) is 0 Å². The van der Waals surface area contributed by atoms with Crippen LogP contribution in [0.15, 0.2) is 36.4 Å². The van der Waals surface area contributed by atoms with E-state index in [0.717, 1.165) is 16.7 Å². The Balaban J connectivity index is 2.19. The van der Waals surface area contributed by atoms with Crippen LogP contribution < -0.4 is 4.74 Å². The van der Waals surface area contributed by atoms with Gasteiger partial charge in [0.05, 0.1) is 7.11 Å². The third kappa shape index (κ3) is 2.37. The molecule has 0 aliphatic heterocycles. The second-order valence-corrected chi connectivity index (χ2v) is 5.18. The van der Waals surface area contributed by atoms with E-state index in [1.165, 1.54) is 12.1 Å². The molecule has 0 aromatic heterocycles. The van der Waals surface area contributed by atoms with Gasteiger partial charge < -0.3 is 9.84 Å². The van der Waals surface area contributed by atoms with E-state index < -0.39 is 11.9 Å². The Morgan fingerprint density at radius 3 is 2.38 bits per heavy atom. The van der Waals surface area contributed by atoms with Crippen molar-refractivity contribution in [3.63, 3.8) is 0 Å². The Morgan fingerprint density at radius 1 is 1.14 bits per heavy atom. The minimum absolute atomic E-state index is 0.332. The van der Waals surface area contributed by atoms with Gasteiger partial charge in [0.15, 0.2) is 0 Å². The average Bonchev–Trinajstić information content (AvgIpc) is 2.62. The summed E-state index contributed by atoms with van der Waals surface area (Å²) < 4.78 is 18.6. The summed E-state index contributed by atoms with van der Waals surface area (Å²) in [6.07, 6.45) is 1.30. The van der Waals surface area contributed by atoms with Crippen LogP contribution in [0.3, 0.4) is 0 Å². The Hall–Kier alpha value is -2.36. The van der Waals surface area contributed by atoms with Gasteiger partial charge >= 0.3 is 5.97 Å². The molecule has 1 N–H and O–H groups in total. The van der Waals surface area contributed by atoms with Gasteiger partial charge in [-0.25, -0.2) is 4.39 Å². The molecule has 0 saturated carbocycles. The fourth-order valence-electron chi connectivity index (χ4n) is 2.98. The second kappa shape index (κ2) is 5.20. The van der Waals surface area contributed by atoms with Crippen LogP contribution in [0.25, 0.3) is 0 Å². The first-order chi connectivity index (χ1) is 10.1. The van der Waals surface area contributed by atoms with Gasteiger partial charge in [0.1, 0.15) is 17.5 Å². The molecule has 0 bridgehead atoms. The van der Waals surface area contributed by atoms with Gasteiger partial charge in [-0.05, 0) is 59.4 Å². The third-order valence-corrected chi connectivity index (χ3v) is 3.99. The molecule has 1 atom stereocenters. The molecule has 21 heavy (non-hydrogen) atoms. The smallest absolute Gasteiger partial charge is 0.315 e. The van der Waals surface area contributed by atoms with E-state index in [0.29, 0.717) is 24.2 Å². The van der Waals surface area contributed by atoms with Gasteiger partial charge in [-0.1, -0.05) is 12.1 Å². The quantitative estimate of drug-likeness (QED) is 0.922. The fourth-order valence-corrected chi connectivity index (χ4v) is 2.98. The van der Waals surface area contributed by atoms with Crippen LogP contribution in [-0.4, -0.2) is 18.2 Å². The van der Waals surface area contributed by atoms with Crippen molar-refractivity contribution < 1.29 is 19.0 Å². The Labute approximate surface area is 122 Å². The highest BCUT2D eigenvalue weighted by atomic mass is 19.1. The molecule has 3 rings (SSSR count). The maximum Gasteiger partial charge on any atom is 0.315 e. The molecule has 2 aromatic carbocycles. The van der Waals surface area contributed by atoms with Gasteiger partial charge in [-0.3, -0.25) is 4.79 Å². The molecular weight excluding hydrogens is 271 g/mol. The summed E-state index contributed by atoms with van der Waals surface area (Å²) in [5.41, 5.74) is 3.14. The number of ether oxygens (including phenoxy) is 1. The number of carbonyl (C=O) groups is 1. The lowest BCUT2D eigenvalue weighted by atomic mass is 9.88. The maximum absolute atomic E-state index is 13.4. The number of hydrogen-bond donors (Lipinski definition) is 1. The zero-order chi connectivity index (χ0) is 15.0. The standard InChI is InChI=1S/C17H15FO3/c1-21-13-5-7-15-11(9-13)3-2-10-8-12(18)4-6-14(10)16(15)17(19)20/h4-9,16H,2-3H2,1H3,(H,19,20). The summed E-state index contributed by atoms with van der Waals surface area (Å²) in [6, 6.07) is 9.78. The molecule has 0 saturated heterocycles. The van der Waals surface area contributed by atoms with Gasteiger partial charge in [-0.2, -0.15) is 0 Å². The number of carboxylic acids is 1. The summed E-state index contributed by atoms with van der Waals surface area (Å²) in [5.74, 6) is -1.31. The van der Waals surface area contributed by atoms with Crippen LogP contribution in [0.5, 0.6) is 5.75 Å². The predicted molar refractivity (Wildman–Crippen MR) is 76.3 cm³/mol. The van der Waals surface area contributed by atoms with Crippen LogP contribution >= 0.6 is 0 Å².